The van der Waals surface area contributed by atoms with Gasteiger partial charge in [-0.2, -0.15) is 9.29 Å². The fraction of sp³-hybridized carbons (Fsp3) is 0.250. The molecule has 0 radical (unpaired) electrons. The van der Waals surface area contributed by atoms with Gasteiger partial charge in [0.1, 0.15) is 10.7 Å². The highest BCUT2D eigenvalue weighted by Crippen LogP contribution is 2.22. The van der Waals surface area contributed by atoms with Crippen LogP contribution in [0.2, 0.25) is 0 Å². The Morgan fingerprint density at radius 1 is 1.13 bits per heavy atom. The van der Waals surface area contributed by atoms with Gasteiger partial charge in [0.15, 0.2) is 6.61 Å². The lowest BCUT2D eigenvalue weighted by molar-refractivity contribution is 0.0429. The molecule has 0 saturated carbocycles. The molecule has 0 N–H and O–H groups in total. The molecule has 162 valence electrons. The minimum atomic E-state index is -4.11. The number of nitrogens with zero attached hydrogens (tertiary/aromatic N) is 3. The van der Waals surface area contributed by atoms with Gasteiger partial charge in [0.25, 0.3) is 5.89 Å². The molecule has 4 rings (SSSR count). The fourth-order valence-corrected chi connectivity index (χ4v) is 4.48. The summed E-state index contributed by atoms with van der Waals surface area (Å²) < 4.78 is 56.2. The van der Waals surface area contributed by atoms with Crippen molar-refractivity contribution in [2.75, 3.05) is 26.3 Å². The van der Waals surface area contributed by atoms with Crippen LogP contribution >= 0.6 is 0 Å². The zero-order valence-corrected chi connectivity index (χ0v) is 17.0. The smallest absolute Gasteiger partial charge is 0.338 e. The highest BCUT2D eigenvalue weighted by atomic mass is 32.2. The Hall–Kier alpha value is -3.15. The lowest BCUT2D eigenvalue weighted by Gasteiger charge is -2.26. The van der Waals surface area contributed by atoms with Crippen LogP contribution in [-0.4, -0.2) is 55.1 Å². The molecule has 0 bridgehead atoms. The number of morpholine rings is 1. The Balaban J connectivity index is 1.47. The molecule has 1 saturated heterocycles. The second-order valence-corrected chi connectivity index (χ2v) is 8.52. The van der Waals surface area contributed by atoms with Crippen molar-refractivity contribution in [1.82, 2.24) is 14.4 Å². The molecule has 0 spiro atoms. The van der Waals surface area contributed by atoms with Crippen molar-refractivity contribution in [2.24, 2.45) is 0 Å². The van der Waals surface area contributed by atoms with Crippen LogP contribution in [0.4, 0.5) is 4.39 Å². The summed E-state index contributed by atoms with van der Waals surface area (Å²) in [5.41, 5.74) is 0.622. The van der Waals surface area contributed by atoms with E-state index in [4.69, 9.17) is 14.0 Å². The predicted molar refractivity (Wildman–Crippen MR) is 105 cm³/mol. The van der Waals surface area contributed by atoms with Gasteiger partial charge >= 0.3 is 5.97 Å². The quantitative estimate of drug-likeness (QED) is 0.529. The van der Waals surface area contributed by atoms with Crippen LogP contribution in [0.25, 0.3) is 11.4 Å². The van der Waals surface area contributed by atoms with Crippen LogP contribution in [0.3, 0.4) is 0 Å². The largest absolute Gasteiger partial charge is 0.452 e. The first-order valence-electron chi connectivity index (χ1n) is 9.38. The number of rotatable bonds is 6. The highest BCUT2D eigenvalue weighted by Gasteiger charge is 2.30. The van der Waals surface area contributed by atoms with E-state index in [1.807, 2.05) is 18.2 Å². The minimum absolute atomic E-state index is 0.0653. The van der Waals surface area contributed by atoms with Gasteiger partial charge in [-0.3, -0.25) is 0 Å². The summed E-state index contributed by atoms with van der Waals surface area (Å²) in [5, 5.41) is 3.82. The van der Waals surface area contributed by atoms with E-state index in [9.17, 15) is 17.6 Å². The second kappa shape index (κ2) is 8.92. The van der Waals surface area contributed by atoms with E-state index in [1.54, 1.807) is 12.1 Å². The van der Waals surface area contributed by atoms with Gasteiger partial charge < -0.3 is 14.0 Å². The Morgan fingerprint density at radius 2 is 1.87 bits per heavy atom. The van der Waals surface area contributed by atoms with E-state index < -0.39 is 26.7 Å². The predicted octanol–water partition coefficient (Wildman–Crippen LogP) is 2.25. The van der Waals surface area contributed by atoms with Gasteiger partial charge in [-0.05, 0) is 18.2 Å². The van der Waals surface area contributed by atoms with Gasteiger partial charge in [0.05, 0.1) is 18.8 Å². The molecular weight excluding hydrogens is 429 g/mol. The van der Waals surface area contributed by atoms with Crippen molar-refractivity contribution in [1.29, 1.82) is 0 Å². The van der Waals surface area contributed by atoms with Crippen molar-refractivity contribution in [3.05, 3.63) is 65.8 Å². The summed E-state index contributed by atoms with van der Waals surface area (Å²) in [6.07, 6.45) is 0. The monoisotopic (exact) mass is 447 g/mol. The second-order valence-electron chi connectivity index (χ2n) is 6.62. The van der Waals surface area contributed by atoms with Gasteiger partial charge in [0.2, 0.25) is 15.8 Å². The minimum Gasteiger partial charge on any atom is -0.452 e. The number of hydrogen-bond acceptors (Lipinski definition) is 8. The standard InChI is InChI=1S/C20H18FN3O6S/c21-16-7-6-15(12-17(16)31(26,27)24-8-10-28-11-9-24)20(25)29-13-18-22-19(23-30-18)14-4-2-1-3-5-14/h1-7,12H,8-11,13H2. The third-order valence-corrected chi connectivity index (χ3v) is 6.50. The van der Waals surface area contributed by atoms with E-state index >= 15 is 0 Å². The molecule has 3 aromatic rings. The maximum absolute atomic E-state index is 14.3. The number of sulfonamides is 1. The summed E-state index contributed by atoms with van der Waals surface area (Å²) in [7, 11) is -4.11. The first-order chi connectivity index (χ1) is 14.9. The van der Waals surface area contributed by atoms with E-state index in [1.165, 1.54) is 0 Å². The van der Waals surface area contributed by atoms with Gasteiger partial charge in [-0.15, -0.1) is 0 Å². The molecule has 0 unspecified atom stereocenters. The number of aromatic nitrogens is 2. The number of ether oxygens (including phenoxy) is 2. The van der Waals surface area contributed by atoms with Crippen molar-refractivity contribution in [3.63, 3.8) is 0 Å². The van der Waals surface area contributed by atoms with E-state index in [0.717, 1.165) is 28.1 Å². The van der Waals surface area contributed by atoms with E-state index in [-0.39, 0.29) is 44.4 Å². The number of benzene rings is 2. The molecule has 0 atom stereocenters. The number of carbonyl (C=O) groups excluding carboxylic acids is 1. The van der Waals surface area contributed by atoms with Crippen molar-refractivity contribution >= 4 is 16.0 Å². The van der Waals surface area contributed by atoms with Crippen molar-refractivity contribution in [3.8, 4) is 11.4 Å². The first-order valence-corrected chi connectivity index (χ1v) is 10.8. The molecule has 11 heteroatoms. The van der Waals surface area contributed by atoms with E-state index in [2.05, 4.69) is 10.1 Å². The summed E-state index contributed by atoms with van der Waals surface area (Å²) in [5.74, 6) is -1.40. The number of esters is 1. The SMILES string of the molecule is O=C(OCc1nc(-c2ccccc2)no1)c1ccc(F)c(S(=O)(=O)N2CCOCC2)c1. The molecule has 31 heavy (non-hydrogen) atoms. The third-order valence-electron chi connectivity index (χ3n) is 4.58. The van der Waals surface area contributed by atoms with Crippen LogP contribution in [-0.2, 0) is 26.1 Å². The lowest BCUT2D eigenvalue weighted by Crippen LogP contribution is -2.41. The van der Waals surface area contributed by atoms with Crippen molar-refractivity contribution in [2.45, 2.75) is 11.5 Å². The third kappa shape index (κ3) is 4.63. The molecule has 9 nitrogen and oxygen atoms in total. The number of carbonyl (C=O) groups is 1. The molecule has 1 aliphatic rings. The molecule has 2 heterocycles. The van der Waals surface area contributed by atoms with Crippen LogP contribution < -0.4 is 0 Å². The molecule has 1 aliphatic heterocycles. The van der Waals surface area contributed by atoms with Gasteiger partial charge in [0, 0.05) is 18.7 Å². The highest BCUT2D eigenvalue weighted by molar-refractivity contribution is 7.89. The fourth-order valence-electron chi connectivity index (χ4n) is 2.98. The lowest BCUT2D eigenvalue weighted by atomic mass is 10.2. The normalized spacial score (nSPS) is 15.0. The van der Waals surface area contributed by atoms with Crippen LogP contribution in [0.15, 0.2) is 57.9 Å². The van der Waals surface area contributed by atoms with Crippen LogP contribution in [0.5, 0.6) is 0 Å². The Bertz CT molecular complexity index is 1180. The molecule has 0 aliphatic carbocycles. The topological polar surface area (TPSA) is 112 Å². The van der Waals surface area contributed by atoms with E-state index in [0.29, 0.717) is 5.82 Å². The maximum atomic E-state index is 14.3. The summed E-state index contributed by atoms with van der Waals surface area (Å²) in [6.45, 7) is 0.339. The van der Waals surface area contributed by atoms with Gasteiger partial charge in [-0.1, -0.05) is 35.5 Å². The number of hydrogen-bond donors (Lipinski definition) is 0. The summed E-state index contributed by atoms with van der Waals surface area (Å²) in [4.78, 5) is 16.0. The maximum Gasteiger partial charge on any atom is 0.338 e. The Kier molecular flexibility index (Phi) is 6.07. The first kappa shape index (κ1) is 21.1. The zero-order valence-electron chi connectivity index (χ0n) is 16.2. The summed E-state index contributed by atoms with van der Waals surface area (Å²) >= 11 is 0. The molecule has 1 fully saturated rings. The average molecular weight is 447 g/mol. The van der Waals surface area contributed by atoms with Gasteiger partial charge in [-0.25, -0.2) is 17.6 Å². The zero-order chi connectivity index (χ0) is 21.8. The average Bonchev–Trinajstić information content (AvgIpc) is 3.28. The molecule has 0 amide bonds. The summed E-state index contributed by atoms with van der Waals surface area (Å²) in [6, 6.07) is 12.1. The molecular formula is C20H18FN3O6S. The van der Waals surface area contributed by atoms with Crippen LogP contribution in [0, 0.1) is 5.82 Å². The Labute approximate surface area is 177 Å². The van der Waals surface area contributed by atoms with Crippen LogP contribution in [0.1, 0.15) is 16.2 Å². The number of halogens is 1. The molecule has 1 aromatic heterocycles. The van der Waals surface area contributed by atoms with Crippen molar-refractivity contribution < 1.29 is 31.6 Å². The molecule has 2 aromatic carbocycles. The Morgan fingerprint density at radius 3 is 2.61 bits per heavy atom.